The molecule has 0 spiro atoms. The molecule has 1 aliphatic carbocycles. The van der Waals surface area contributed by atoms with Crippen molar-refractivity contribution < 1.29 is 9.50 Å². The molecule has 0 saturated heterocycles. The van der Waals surface area contributed by atoms with Crippen molar-refractivity contribution in [3.63, 3.8) is 0 Å². The molecule has 0 atom stereocenters. The summed E-state index contributed by atoms with van der Waals surface area (Å²) in [5, 5.41) is 9.92. The van der Waals surface area contributed by atoms with E-state index in [9.17, 15) is 9.50 Å². The third kappa shape index (κ3) is 1.25. The van der Waals surface area contributed by atoms with Gasteiger partial charge in [0.25, 0.3) is 0 Å². The van der Waals surface area contributed by atoms with Gasteiger partial charge in [-0.05, 0) is 49.4 Å². The second-order valence-corrected chi connectivity index (χ2v) is 3.90. The minimum atomic E-state index is -0.726. The SMILES string of the molecule is Cc1ccc(F)c(C)c1C1(O)CC1. The summed E-state index contributed by atoms with van der Waals surface area (Å²) >= 11 is 0. The second kappa shape index (κ2) is 2.55. The standard InChI is InChI=1S/C11H13FO/c1-7-3-4-9(12)8(2)10(7)11(13)5-6-11/h3-4,13H,5-6H2,1-2H3. The van der Waals surface area contributed by atoms with Crippen molar-refractivity contribution in [1.82, 2.24) is 0 Å². The van der Waals surface area contributed by atoms with Crippen LogP contribution in [0.15, 0.2) is 12.1 Å². The maximum absolute atomic E-state index is 13.2. The summed E-state index contributed by atoms with van der Waals surface area (Å²) in [5.74, 6) is -0.221. The minimum absolute atomic E-state index is 0.221. The summed E-state index contributed by atoms with van der Waals surface area (Å²) in [6.07, 6.45) is 1.52. The molecule has 1 N–H and O–H groups in total. The van der Waals surface area contributed by atoms with Gasteiger partial charge < -0.3 is 5.11 Å². The predicted octanol–water partition coefficient (Wildman–Crippen LogP) is 2.42. The van der Waals surface area contributed by atoms with Crippen molar-refractivity contribution in [2.45, 2.75) is 32.3 Å². The summed E-state index contributed by atoms with van der Waals surface area (Å²) in [5.41, 5.74) is 1.66. The van der Waals surface area contributed by atoms with E-state index in [4.69, 9.17) is 0 Å². The highest BCUT2D eigenvalue weighted by molar-refractivity contribution is 5.41. The van der Waals surface area contributed by atoms with Crippen LogP contribution in [0.5, 0.6) is 0 Å². The average Bonchev–Trinajstić information content (AvgIpc) is 2.78. The maximum atomic E-state index is 13.2. The first-order chi connectivity index (χ1) is 6.04. The lowest BCUT2D eigenvalue weighted by atomic mass is 9.96. The number of aliphatic hydroxyl groups is 1. The Hall–Kier alpha value is -0.890. The zero-order valence-electron chi connectivity index (χ0n) is 7.89. The molecule has 0 unspecified atom stereocenters. The molecular weight excluding hydrogens is 167 g/mol. The van der Waals surface area contributed by atoms with E-state index in [0.29, 0.717) is 5.56 Å². The summed E-state index contributed by atoms with van der Waals surface area (Å²) < 4.78 is 13.2. The maximum Gasteiger partial charge on any atom is 0.126 e. The molecule has 0 radical (unpaired) electrons. The molecule has 1 saturated carbocycles. The van der Waals surface area contributed by atoms with E-state index in [2.05, 4.69) is 0 Å². The van der Waals surface area contributed by atoms with Gasteiger partial charge in [0.2, 0.25) is 0 Å². The Morgan fingerprint density at radius 1 is 1.31 bits per heavy atom. The summed E-state index contributed by atoms with van der Waals surface area (Å²) in [6.45, 7) is 3.64. The number of halogens is 1. The van der Waals surface area contributed by atoms with Crippen LogP contribution >= 0.6 is 0 Å². The molecule has 0 aliphatic heterocycles. The van der Waals surface area contributed by atoms with E-state index in [1.165, 1.54) is 6.07 Å². The van der Waals surface area contributed by atoms with Crippen LogP contribution in [-0.4, -0.2) is 5.11 Å². The van der Waals surface area contributed by atoms with Gasteiger partial charge in [-0.3, -0.25) is 0 Å². The zero-order valence-corrected chi connectivity index (χ0v) is 7.89. The third-order valence-electron chi connectivity index (χ3n) is 2.80. The van der Waals surface area contributed by atoms with Crippen molar-refractivity contribution in [3.05, 3.63) is 34.6 Å². The van der Waals surface area contributed by atoms with Crippen LogP contribution < -0.4 is 0 Å². The number of hydrogen-bond acceptors (Lipinski definition) is 1. The lowest BCUT2D eigenvalue weighted by molar-refractivity contribution is 0.149. The highest BCUT2D eigenvalue weighted by Gasteiger charge is 2.44. The van der Waals surface area contributed by atoms with E-state index < -0.39 is 5.60 Å². The van der Waals surface area contributed by atoms with Crippen LogP contribution in [0, 0.1) is 19.7 Å². The molecule has 1 aromatic carbocycles. The van der Waals surface area contributed by atoms with Crippen molar-refractivity contribution in [1.29, 1.82) is 0 Å². The molecule has 0 bridgehead atoms. The fraction of sp³-hybridized carbons (Fsp3) is 0.455. The van der Waals surface area contributed by atoms with Gasteiger partial charge in [-0.1, -0.05) is 6.07 Å². The van der Waals surface area contributed by atoms with Gasteiger partial charge in [-0.25, -0.2) is 4.39 Å². The Morgan fingerprint density at radius 3 is 2.46 bits per heavy atom. The van der Waals surface area contributed by atoms with E-state index in [1.54, 1.807) is 13.0 Å². The summed E-state index contributed by atoms with van der Waals surface area (Å²) in [4.78, 5) is 0. The van der Waals surface area contributed by atoms with E-state index in [0.717, 1.165) is 24.0 Å². The molecular formula is C11H13FO. The highest BCUT2D eigenvalue weighted by atomic mass is 19.1. The fourth-order valence-corrected chi connectivity index (χ4v) is 1.91. The van der Waals surface area contributed by atoms with Crippen LogP contribution in [0.3, 0.4) is 0 Å². The zero-order chi connectivity index (χ0) is 9.64. The Labute approximate surface area is 77.2 Å². The Morgan fingerprint density at radius 2 is 1.92 bits per heavy atom. The van der Waals surface area contributed by atoms with Crippen LogP contribution in [0.2, 0.25) is 0 Å². The Kier molecular flexibility index (Phi) is 1.70. The van der Waals surface area contributed by atoms with E-state index in [-0.39, 0.29) is 5.82 Å². The van der Waals surface area contributed by atoms with Gasteiger partial charge in [0.15, 0.2) is 0 Å². The lowest BCUT2D eigenvalue weighted by Crippen LogP contribution is -2.10. The molecule has 1 fully saturated rings. The van der Waals surface area contributed by atoms with Gasteiger partial charge in [0, 0.05) is 0 Å². The van der Waals surface area contributed by atoms with Crippen molar-refractivity contribution in [2.75, 3.05) is 0 Å². The molecule has 13 heavy (non-hydrogen) atoms. The molecule has 0 heterocycles. The highest BCUT2D eigenvalue weighted by Crippen LogP contribution is 2.48. The van der Waals surface area contributed by atoms with Crippen molar-refractivity contribution in [2.24, 2.45) is 0 Å². The quantitative estimate of drug-likeness (QED) is 0.703. The van der Waals surface area contributed by atoms with Gasteiger partial charge in [0.05, 0.1) is 5.60 Å². The van der Waals surface area contributed by atoms with Gasteiger partial charge >= 0.3 is 0 Å². The smallest absolute Gasteiger partial charge is 0.126 e. The van der Waals surface area contributed by atoms with Gasteiger partial charge in [-0.2, -0.15) is 0 Å². The molecule has 1 nitrogen and oxygen atoms in total. The largest absolute Gasteiger partial charge is 0.385 e. The minimum Gasteiger partial charge on any atom is -0.385 e. The molecule has 0 amide bonds. The number of aryl methyl sites for hydroxylation is 1. The van der Waals surface area contributed by atoms with Crippen molar-refractivity contribution >= 4 is 0 Å². The van der Waals surface area contributed by atoms with Crippen LogP contribution in [0.25, 0.3) is 0 Å². The number of rotatable bonds is 1. The monoisotopic (exact) mass is 180 g/mol. The predicted molar refractivity (Wildman–Crippen MR) is 49.0 cm³/mol. The Balaban J connectivity index is 2.61. The third-order valence-corrected chi connectivity index (χ3v) is 2.80. The van der Waals surface area contributed by atoms with Crippen LogP contribution in [0.4, 0.5) is 4.39 Å². The first-order valence-corrected chi connectivity index (χ1v) is 4.53. The lowest BCUT2D eigenvalue weighted by Gasteiger charge is -2.15. The molecule has 2 rings (SSSR count). The first kappa shape index (κ1) is 8.70. The molecule has 2 heteroatoms. The fourth-order valence-electron chi connectivity index (χ4n) is 1.91. The van der Waals surface area contributed by atoms with Crippen LogP contribution in [0.1, 0.15) is 29.5 Å². The van der Waals surface area contributed by atoms with Crippen LogP contribution in [-0.2, 0) is 5.60 Å². The Bertz CT molecular complexity index is 353. The van der Waals surface area contributed by atoms with Crippen molar-refractivity contribution in [3.8, 4) is 0 Å². The second-order valence-electron chi connectivity index (χ2n) is 3.90. The normalized spacial score (nSPS) is 18.8. The average molecular weight is 180 g/mol. The topological polar surface area (TPSA) is 20.2 Å². The van der Waals surface area contributed by atoms with Gasteiger partial charge in [-0.15, -0.1) is 0 Å². The van der Waals surface area contributed by atoms with E-state index in [1.807, 2.05) is 6.92 Å². The number of benzene rings is 1. The molecule has 70 valence electrons. The van der Waals surface area contributed by atoms with Gasteiger partial charge in [0.1, 0.15) is 5.82 Å². The summed E-state index contributed by atoms with van der Waals surface area (Å²) in [6, 6.07) is 3.19. The number of hydrogen-bond donors (Lipinski definition) is 1. The van der Waals surface area contributed by atoms with E-state index >= 15 is 0 Å². The molecule has 1 aliphatic rings. The summed E-state index contributed by atoms with van der Waals surface area (Å²) in [7, 11) is 0. The molecule has 0 aromatic heterocycles. The molecule has 1 aromatic rings. The first-order valence-electron chi connectivity index (χ1n) is 4.53.